The molecule has 1 saturated heterocycles. The van der Waals surface area contributed by atoms with Crippen molar-refractivity contribution in [3.63, 3.8) is 0 Å². The third-order valence-electron chi connectivity index (χ3n) is 3.85. The molecule has 0 spiro atoms. The van der Waals surface area contributed by atoms with Crippen molar-refractivity contribution in [2.75, 3.05) is 30.4 Å². The number of methoxy groups -OCH3 is 1. The van der Waals surface area contributed by atoms with E-state index in [1.165, 1.54) is 17.5 Å². The largest absolute Gasteiger partial charge is 0.481 e. The fourth-order valence-corrected chi connectivity index (χ4v) is 3.74. The molecule has 0 saturated carbocycles. The fourth-order valence-electron chi connectivity index (χ4n) is 2.68. The van der Waals surface area contributed by atoms with Gasteiger partial charge in [-0.2, -0.15) is 4.98 Å². The van der Waals surface area contributed by atoms with E-state index in [0.29, 0.717) is 11.8 Å². The summed E-state index contributed by atoms with van der Waals surface area (Å²) in [4.78, 5) is 15.6. The molecule has 1 fully saturated rings. The number of benzene rings is 1. The Morgan fingerprint density at radius 2 is 2.04 bits per heavy atom. The molecule has 0 amide bonds. The Hall–Kier alpha value is -2.41. The molecule has 1 aliphatic rings. The van der Waals surface area contributed by atoms with E-state index >= 15 is 0 Å². The van der Waals surface area contributed by atoms with Gasteiger partial charge in [-0.1, -0.05) is 11.3 Å². The predicted octanol–water partition coefficient (Wildman–Crippen LogP) is 3.44. The first-order valence-electron chi connectivity index (χ1n) is 7.61. The van der Waals surface area contributed by atoms with E-state index in [9.17, 15) is 0 Å². The van der Waals surface area contributed by atoms with Crippen molar-refractivity contribution in [2.24, 2.45) is 0 Å². The second-order valence-electron chi connectivity index (χ2n) is 5.42. The minimum atomic E-state index is 0.521. The summed E-state index contributed by atoms with van der Waals surface area (Å²) in [6.45, 7) is 2.23. The number of rotatable bonds is 4. The van der Waals surface area contributed by atoms with Gasteiger partial charge in [-0.3, -0.25) is 0 Å². The van der Waals surface area contributed by atoms with Crippen molar-refractivity contribution in [1.29, 1.82) is 0 Å². The molecule has 0 bridgehead atoms. The van der Waals surface area contributed by atoms with Crippen LogP contribution in [0.3, 0.4) is 0 Å². The smallest absolute Gasteiger partial charge is 0.230 e. The summed E-state index contributed by atoms with van der Waals surface area (Å²) in [7, 11) is 1.59. The first kappa shape index (κ1) is 14.2. The van der Waals surface area contributed by atoms with Gasteiger partial charge in [0.1, 0.15) is 0 Å². The topological polar surface area (TPSA) is 63.2 Å². The van der Waals surface area contributed by atoms with Crippen LogP contribution in [0.4, 0.5) is 16.8 Å². The second-order valence-corrected chi connectivity index (χ2v) is 6.43. The average Bonchev–Trinajstić information content (AvgIpc) is 3.23. The van der Waals surface area contributed by atoms with Crippen LogP contribution < -0.4 is 15.0 Å². The Labute approximate surface area is 138 Å². The minimum Gasteiger partial charge on any atom is -0.481 e. The summed E-state index contributed by atoms with van der Waals surface area (Å²) in [5.74, 6) is 1.06. The lowest BCUT2D eigenvalue weighted by Gasteiger charge is -2.11. The lowest BCUT2D eigenvalue weighted by molar-refractivity contribution is 0.397. The van der Waals surface area contributed by atoms with E-state index in [-0.39, 0.29) is 0 Å². The summed E-state index contributed by atoms with van der Waals surface area (Å²) in [5, 5.41) is 4.33. The van der Waals surface area contributed by atoms with Crippen molar-refractivity contribution in [1.82, 2.24) is 15.0 Å². The van der Waals surface area contributed by atoms with Gasteiger partial charge in [0.25, 0.3) is 0 Å². The molecule has 118 valence electrons. The molecule has 1 aromatic carbocycles. The third-order valence-corrected chi connectivity index (χ3v) is 4.93. The van der Waals surface area contributed by atoms with Crippen LogP contribution in [0.2, 0.25) is 0 Å². The lowest BCUT2D eigenvalue weighted by atomic mass is 10.3. The van der Waals surface area contributed by atoms with Gasteiger partial charge < -0.3 is 15.0 Å². The molecule has 3 heterocycles. The van der Waals surface area contributed by atoms with Gasteiger partial charge >= 0.3 is 0 Å². The Kier molecular flexibility index (Phi) is 3.70. The van der Waals surface area contributed by atoms with Crippen molar-refractivity contribution < 1.29 is 4.74 Å². The highest BCUT2D eigenvalue weighted by Crippen LogP contribution is 2.32. The Morgan fingerprint density at radius 3 is 2.87 bits per heavy atom. The molecule has 1 aliphatic heterocycles. The molecule has 6 nitrogen and oxygen atoms in total. The summed E-state index contributed by atoms with van der Waals surface area (Å²) in [6, 6.07) is 7.85. The van der Waals surface area contributed by atoms with E-state index in [1.807, 2.05) is 12.1 Å². The molecule has 0 radical (unpaired) electrons. The molecule has 23 heavy (non-hydrogen) atoms. The van der Waals surface area contributed by atoms with E-state index < -0.39 is 0 Å². The van der Waals surface area contributed by atoms with Crippen LogP contribution in [0, 0.1) is 0 Å². The normalized spacial score (nSPS) is 14.4. The number of ether oxygens (including phenoxy) is 1. The van der Waals surface area contributed by atoms with Crippen molar-refractivity contribution >= 4 is 38.3 Å². The zero-order valence-corrected chi connectivity index (χ0v) is 13.6. The Balaban J connectivity index is 1.60. The summed E-state index contributed by atoms with van der Waals surface area (Å²) < 4.78 is 6.28. The average molecular weight is 327 g/mol. The second kappa shape index (κ2) is 6.00. The first-order valence-corrected chi connectivity index (χ1v) is 8.43. The standard InChI is InChI=1S/C16H17N5OS/c1-22-14-6-7-17-15(20-14)18-11-4-5-12-13(10-11)23-16(19-12)21-8-2-3-9-21/h4-7,10H,2-3,8-9H2,1H3,(H,17,18,20). The number of hydrogen-bond donors (Lipinski definition) is 1. The van der Waals surface area contributed by atoms with E-state index in [0.717, 1.165) is 29.4 Å². The van der Waals surface area contributed by atoms with E-state index in [1.54, 1.807) is 30.7 Å². The van der Waals surface area contributed by atoms with Crippen LogP contribution in [0.5, 0.6) is 5.88 Å². The van der Waals surface area contributed by atoms with Crippen molar-refractivity contribution in [2.45, 2.75) is 12.8 Å². The molecule has 0 unspecified atom stereocenters. The molecule has 0 aliphatic carbocycles. The van der Waals surface area contributed by atoms with Crippen molar-refractivity contribution in [3.05, 3.63) is 30.5 Å². The van der Waals surface area contributed by atoms with Gasteiger partial charge in [0.2, 0.25) is 11.8 Å². The quantitative estimate of drug-likeness (QED) is 0.792. The molecule has 4 rings (SSSR count). The molecule has 0 atom stereocenters. The summed E-state index contributed by atoms with van der Waals surface area (Å²) in [6.07, 6.45) is 4.19. The van der Waals surface area contributed by atoms with Gasteiger partial charge in [-0.25, -0.2) is 9.97 Å². The number of hydrogen-bond acceptors (Lipinski definition) is 7. The third kappa shape index (κ3) is 2.92. The number of nitrogens with one attached hydrogen (secondary N) is 1. The predicted molar refractivity (Wildman–Crippen MR) is 92.9 cm³/mol. The maximum Gasteiger partial charge on any atom is 0.230 e. The lowest BCUT2D eigenvalue weighted by Crippen LogP contribution is -2.16. The van der Waals surface area contributed by atoms with Gasteiger partial charge in [-0.05, 0) is 31.0 Å². The van der Waals surface area contributed by atoms with Crippen LogP contribution in [-0.2, 0) is 0 Å². The number of anilines is 3. The molecule has 3 aromatic rings. The molecule has 7 heteroatoms. The molecule has 1 N–H and O–H groups in total. The zero-order chi connectivity index (χ0) is 15.6. The number of nitrogens with zero attached hydrogens (tertiary/aromatic N) is 4. The van der Waals surface area contributed by atoms with Crippen molar-refractivity contribution in [3.8, 4) is 5.88 Å². The number of aromatic nitrogens is 3. The Morgan fingerprint density at radius 1 is 1.17 bits per heavy atom. The van der Waals surface area contributed by atoms with Gasteiger partial charge in [0.05, 0.1) is 17.3 Å². The highest BCUT2D eigenvalue weighted by Gasteiger charge is 2.16. The Bertz CT molecular complexity index is 828. The van der Waals surface area contributed by atoms with Gasteiger partial charge in [-0.15, -0.1) is 0 Å². The van der Waals surface area contributed by atoms with Crippen LogP contribution in [0.25, 0.3) is 10.2 Å². The fraction of sp³-hybridized carbons (Fsp3) is 0.312. The van der Waals surface area contributed by atoms with E-state index in [4.69, 9.17) is 9.72 Å². The maximum atomic E-state index is 5.12. The molecule has 2 aromatic heterocycles. The number of thiazole rings is 1. The highest BCUT2D eigenvalue weighted by molar-refractivity contribution is 7.22. The summed E-state index contributed by atoms with van der Waals surface area (Å²) >= 11 is 1.74. The monoisotopic (exact) mass is 327 g/mol. The first-order chi connectivity index (χ1) is 11.3. The summed E-state index contributed by atoms with van der Waals surface area (Å²) in [5.41, 5.74) is 1.98. The van der Waals surface area contributed by atoms with Crippen LogP contribution in [-0.4, -0.2) is 35.2 Å². The number of fused-ring (bicyclic) bond motifs is 1. The van der Waals surface area contributed by atoms with E-state index in [2.05, 4.69) is 26.3 Å². The van der Waals surface area contributed by atoms with Crippen LogP contribution in [0.1, 0.15) is 12.8 Å². The van der Waals surface area contributed by atoms with Gasteiger partial charge in [0.15, 0.2) is 5.13 Å². The minimum absolute atomic E-state index is 0.521. The molecular formula is C16H17N5OS. The molecular weight excluding hydrogens is 310 g/mol. The SMILES string of the molecule is COc1ccnc(Nc2ccc3nc(N4CCCC4)sc3c2)n1. The van der Waals surface area contributed by atoms with Crippen LogP contribution >= 0.6 is 11.3 Å². The van der Waals surface area contributed by atoms with Gasteiger partial charge in [0, 0.05) is 31.0 Å². The highest BCUT2D eigenvalue weighted by atomic mass is 32.1. The zero-order valence-electron chi connectivity index (χ0n) is 12.8. The maximum absolute atomic E-state index is 5.12. The van der Waals surface area contributed by atoms with Crippen LogP contribution in [0.15, 0.2) is 30.5 Å².